The Morgan fingerprint density at radius 3 is 1.80 bits per heavy atom. The number of aliphatic hydroxyl groups is 1. The molecular weight excluding hydrogens is 310 g/mol. The minimum atomic E-state index is 0.0745. The maximum atomic E-state index is 12.0. The van der Waals surface area contributed by atoms with Gasteiger partial charge in [0.15, 0.2) is 0 Å². The smallest absolute Gasteiger partial charge is 0.313 e. The molecule has 3 heteroatoms. The van der Waals surface area contributed by atoms with Crippen LogP contribution in [0, 0.1) is 0 Å². The summed E-state index contributed by atoms with van der Waals surface area (Å²) in [5.74, 6) is 0.242. The highest BCUT2D eigenvalue weighted by molar-refractivity contribution is 5.68. The van der Waals surface area contributed by atoms with E-state index >= 15 is 0 Å². The van der Waals surface area contributed by atoms with Crippen LogP contribution in [0.4, 0.5) is 0 Å². The largest absolute Gasteiger partial charge is 0.390 e. The zero-order valence-electron chi connectivity index (χ0n) is 17.3. The molecule has 0 aliphatic heterocycles. The topological polar surface area (TPSA) is 37.3 Å². The Morgan fingerprint density at radius 2 is 1.28 bits per heavy atom. The molecule has 0 aromatic rings. The molecule has 0 unspecified atom stereocenters. The van der Waals surface area contributed by atoms with Crippen LogP contribution in [-0.2, 0) is 4.79 Å². The van der Waals surface area contributed by atoms with E-state index in [1.165, 1.54) is 70.6 Å². The van der Waals surface area contributed by atoms with Gasteiger partial charge in [-0.2, -0.15) is 0 Å². The second-order valence-corrected chi connectivity index (χ2v) is 7.86. The number of amides is 1. The summed E-state index contributed by atoms with van der Waals surface area (Å²) in [6, 6.07) is 0. The van der Waals surface area contributed by atoms with E-state index in [9.17, 15) is 4.79 Å². The molecule has 0 fully saturated rings. The van der Waals surface area contributed by atoms with Crippen molar-refractivity contribution in [3.8, 4) is 0 Å². The standard InChI is InChI=1S/C22H44NO2/c1-4-5-6-7-8-9-10-11-12-13-14-15-16-17-18-19-22(25)23(2,3)20-21-24/h11-12,24H,4-10,13-21H2,1-3H3/q+1/b12-11-. The third kappa shape index (κ3) is 15.3. The molecule has 0 saturated carbocycles. The van der Waals surface area contributed by atoms with Crippen LogP contribution in [0.1, 0.15) is 96.8 Å². The lowest BCUT2D eigenvalue weighted by Gasteiger charge is -2.25. The molecule has 3 nitrogen and oxygen atoms in total. The Kier molecular flexibility index (Phi) is 16.3. The van der Waals surface area contributed by atoms with Gasteiger partial charge in [0.05, 0.1) is 27.1 Å². The Morgan fingerprint density at radius 1 is 0.800 bits per heavy atom. The van der Waals surface area contributed by atoms with Crippen LogP contribution in [0.2, 0.25) is 0 Å². The van der Waals surface area contributed by atoms with E-state index in [4.69, 9.17) is 5.11 Å². The molecule has 0 heterocycles. The maximum absolute atomic E-state index is 12.0. The summed E-state index contributed by atoms with van der Waals surface area (Å²) in [6.45, 7) is 2.86. The van der Waals surface area contributed by atoms with Gasteiger partial charge in [-0.3, -0.25) is 4.48 Å². The van der Waals surface area contributed by atoms with E-state index in [0.717, 1.165) is 12.8 Å². The molecule has 0 rings (SSSR count). The van der Waals surface area contributed by atoms with Gasteiger partial charge in [0.1, 0.15) is 6.54 Å². The maximum Gasteiger partial charge on any atom is 0.313 e. The molecule has 0 aromatic carbocycles. The molecule has 0 aromatic heterocycles. The molecule has 0 bridgehead atoms. The molecule has 1 amide bonds. The van der Waals surface area contributed by atoms with E-state index in [1.54, 1.807) is 0 Å². The number of carbonyl (C=O) groups excluding carboxylic acids is 1. The van der Waals surface area contributed by atoms with Gasteiger partial charge in [0, 0.05) is 0 Å². The van der Waals surface area contributed by atoms with Gasteiger partial charge >= 0.3 is 5.91 Å². The average molecular weight is 355 g/mol. The number of hydrogen-bond donors (Lipinski definition) is 1. The van der Waals surface area contributed by atoms with Crippen LogP contribution < -0.4 is 0 Å². The van der Waals surface area contributed by atoms with Crippen LogP contribution in [0.5, 0.6) is 0 Å². The fourth-order valence-electron chi connectivity index (χ4n) is 3.02. The van der Waals surface area contributed by atoms with Crippen molar-refractivity contribution >= 4 is 5.91 Å². The first-order chi connectivity index (χ1) is 12.0. The SMILES string of the molecule is CCCCCCCC/C=C\CCCCCCCC(=O)[N+](C)(C)CCO. The van der Waals surface area contributed by atoms with E-state index in [2.05, 4.69) is 19.1 Å². The van der Waals surface area contributed by atoms with Crippen molar-refractivity contribution in [3.63, 3.8) is 0 Å². The highest BCUT2D eigenvalue weighted by Gasteiger charge is 2.24. The quantitative estimate of drug-likeness (QED) is 0.209. The lowest BCUT2D eigenvalue weighted by atomic mass is 10.1. The molecule has 25 heavy (non-hydrogen) atoms. The summed E-state index contributed by atoms with van der Waals surface area (Å²) in [4.78, 5) is 12.0. The van der Waals surface area contributed by atoms with Gasteiger partial charge in [0.25, 0.3) is 0 Å². The Balaban J connectivity index is 3.36. The number of quaternary nitrogens is 1. The summed E-state index contributed by atoms with van der Waals surface area (Å²) in [6.07, 6.45) is 22.0. The number of nitrogens with zero attached hydrogens (tertiary/aromatic N) is 1. The van der Waals surface area contributed by atoms with Crippen LogP contribution >= 0.6 is 0 Å². The summed E-state index contributed by atoms with van der Waals surface area (Å²) in [5.41, 5.74) is 0. The first-order valence-corrected chi connectivity index (χ1v) is 10.7. The van der Waals surface area contributed by atoms with Crippen molar-refractivity contribution in [2.45, 2.75) is 96.8 Å². The lowest BCUT2D eigenvalue weighted by molar-refractivity contribution is -0.814. The summed E-state index contributed by atoms with van der Waals surface area (Å²) in [7, 11) is 3.77. The van der Waals surface area contributed by atoms with E-state index in [1.807, 2.05) is 14.1 Å². The minimum Gasteiger partial charge on any atom is -0.390 e. The summed E-state index contributed by atoms with van der Waals surface area (Å²) < 4.78 is 0.305. The fraction of sp³-hybridized carbons (Fsp3) is 0.864. The molecule has 0 saturated heterocycles. The van der Waals surface area contributed by atoms with Crippen LogP contribution in [0.3, 0.4) is 0 Å². The van der Waals surface area contributed by atoms with Crippen molar-refractivity contribution < 1.29 is 14.4 Å². The van der Waals surface area contributed by atoms with Crippen molar-refractivity contribution in [1.29, 1.82) is 0 Å². The average Bonchev–Trinajstić information content (AvgIpc) is 2.58. The van der Waals surface area contributed by atoms with Gasteiger partial charge in [-0.1, -0.05) is 70.4 Å². The van der Waals surface area contributed by atoms with Crippen molar-refractivity contribution in [3.05, 3.63) is 12.2 Å². The van der Waals surface area contributed by atoms with Crippen LogP contribution in [0.25, 0.3) is 0 Å². The molecular formula is C22H44NO2+. The Hall–Kier alpha value is -0.670. The van der Waals surface area contributed by atoms with Crippen LogP contribution in [-0.4, -0.2) is 42.7 Å². The van der Waals surface area contributed by atoms with Gasteiger partial charge in [-0.05, 0) is 32.1 Å². The van der Waals surface area contributed by atoms with E-state index < -0.39 is 0 Å². The molecule has 0 atom stereocenters. The normalized spacial score (nSPS) is 12.2. The Labute approximate surface area is 157 Å². The van der Waals surface area contributed by atoms with Crippen molar-refractivity contribution in [1.82, 2.24) is 0 Å². The monoisotopic (exact) mass is 354 g/mol. The minimum absolute atomic E-state index is 0.0745. The molecule has 0 aliphatic carbocycles. The second kappa shape index (κ2) is 16.8. The molecule has 0 spiro atoms. The molecule has 0 aliphatic rings. The van der Waals surface area contributed by atoms with Crippen molar-refractivity contribution in [2.24, 2.45) is 0 Å². The number of rotatable bonds is 17. The third-order valence-corrected chi connectivity index (χ3v) is 4.99. The third-order valence-electron chi connectivity index (χ3n) is 4.99. The van der Waals surface area contributed by atoms with Gasteiger partial charge in [-0.15, -0.1) is 0 Å². The summed E-state index contributed by atoms with van der Waals surface area (Å²) in [5, 5.41) is 8.98. The molecule has 1 N–H and O–H groups in total. The van der Waals surface area contributed by atoms with E-state index in [-0.39, 0.29) is 12.5 Å². The van der Waals surface area contributed by atoms with Gasteiger partial charge in [0.2, 0.25) is 0 Å². The number of allylic oxidation sites excluding steroid dienone is 2. The predicted molar refractivity (Wildman–Crippen MR) is 109 cm³/mol. The Bertz CT molecular complexity index is 337. The number of aliphatic hydroxyl groups excluding tert-OH is 1. The number of hydrogen-bond acceptors (Lipinski definition) is 2. The highest BCUT2D eigenvalue weighted by Crippen LogP contribution is 2.11. The van der Waals surface area contributed by atoms with Gasteiger partial charge in [-0.25, -0.2) is 4.79 Å². The first-order valence-electron chi connectivity index (χ1n) is 10.7. The number of unbranched alkanes of at least 4 members (excludes halogenated alkanes) is 11. The van der Waals surface area contributed by atoms with Gasteiger partial charge < -0.3 is 5.11 Å². The first kappa shape index (κ1) is 24.3. The number of likely N-dealkylation sites (N-methyl/N-ethyl adjacent to an activating group) is 1. The van der Waals surface area contributed by atoms with Crippen LogP contribution in [0.15, 0.2) is 12.2 Å². The molecule has 148 valence electrons. The molecule has 0 radical (unpaired) electrons. The lowest BCUT2D eigenvalue weighted by Crippen LogP contribution is -2.47. The number of carbonyl (C=O) groups is 1. The fourth-order valence-corrected chi connectivity index (χ4v) is 3.02. The zero-order chi connectivity index (χ0) is 18.8. The van der Waals surface area contributed by atoms with E-state index in [0.29, 0.717) is 17.4 Å². The second-order valence-electron chi connectivity index (χ2n) is 7.86. The zero-order valence-corrected chi connectivity index (χ0v) is 17.3. The summed E-state index contributed by atoms with van der Waals surface area (Å²) >= 11 is 0. The highest BCUT2D eigenvalue weighted by atomic mass is 16.3. The van der Waals surface area contributed by atoms with Crippen molar-refractivity contribution in [2.75, 3.05) is 27.2 Å². The predicted octanol–water partition coefficient (Wildman–Crippen LogP) is 5.62.